The average Bonchev–Trinajstić information content (AvgIpc) is 3.06. The Morgan fingerprint density at radius 2 is 1.96 bits per heavy atom. The fourth-order valence-corrected chi connectivity index (χ4v) is 3.35. The Kier molecular flexibility index (Phi) is 7.77. The third kappa shape index (κ3) is 4.78. The van der Waals surface area contributed by atoms with Crippen molar-refractivity contribution in [1.29, 1.82) is 5.26 Å². The van der Waals surface area contributed by atoms with E-state index in [2.05, 4.69) is 11.8 Å². The topological polar surface area (TPSA) is 93.5 Å². The summed E-state index contributed by atoms with van der Waals surface area (Å²) in [6, 6.07) is 11.2. The standard InChI is InChI=1S/C22H23NO5/c1-27-20(25)18-12-13-19(24)22(18,14-8-3-2-4-9-15-23)21(26)28-16-17-10-6-5-7-11-17/h5-7,10-11,18H,2,4,9,12-14,16H2,1H3/t18-,22-/m1/s1. The summed E-state index contributed by atoms with van der Waals surface area (Å²) in [4.78, 5) is 38.0. The molecule has 6 nitrogen and oxygen atoms in total. The number of methoxy groups -OCH3 is 1. The number of carbonyl (C=O) groups excluding carboxylic acids is 3. The molecule has 1 fully saturated rings. The molecule has 0 bridgehead atoms. The summed E-state index contributed by atoms with van der Waals surface area (Å²) in [5.74, 6) is 3.16. The molecular weight excluding hydrogens is 358 g/mol. The molecule has 0 radical (unpaired) electrons. The first-order valence-corrected chi connectivity index (χ1v) is 9.21. The van der Waals surface area contributed by atoms with Gasteiger partial charge in [-0.05, 0) is 18.4 Å². The summed E-state index contributed by atoms with van der Waals surface area (Å²) < 4.78 is 10.3. The number of hydrogen-bond donors (Lipinski definition) is 0. The summed E-state index contributed by atoms with van der Waals surface area (Å²) in [5.41, 5.74) is -0.849. The fraction of sp³-hybridized carbons (Fsp3) is 0.455. The number of nitriles is 1. The van der Waals surface area contributed by atoms with E-state index >= 15 is 0 Å². The Morgan fingerprint density at radius 1 is 1.21 bits per heavy atom. The van der Waals surface area contributed by atoms with E-state index in [-0.39, 0.29) is 31.7 Å². The lowest BCUT2D eigenvalue weighted by Crippen LogP contribution is -2.45. The fourth-order valence-electron chi connectivity index (χ4n) is 3.35. The number of ether oxygens (including phenoxy) is 2. The van der Waals surface area contributed by atoms with Gasteiger partial charge in [0.15, 0.2) is 11.2 Å². The highest BCUT2D eigenvalue weighted by Gasteiger charge is 2.59. The van der Waals surface area contributed by atoms with Crippen molar-refractivity contribution in [3.63, 3.8) is 0 Å². The second-order valence-corrected chi connectivity index (χ2v) is 6.61. The van der Waals surface area contributed by atoms with Gasteiger partial charge in [-0.3, -0.25) is 14.4 Å². The lowest BCUT2D eigenvalue weighted by molar-refractivity contribution is -0.169. The predicted molar refractivity (Wildman–Crippen MR) is 100 cm³/mol. The molecule has 1 aliphatic carbocycles. The maximum absolute atomic E-state index is 13.0. The smallest absolute Gasteiger partial charge is 0.321 e. The van der Waals surface area contributed by atoms with Crippen molar-refractivity contribution in [2.24, 2.45) is 11.3 Å². The summed E-state index contributed by atoms with van der Waals surface area (Å²) in [6.45, 7) is 0.0121. The SMILES string of the molecule is COC(=O)[C@H]1CCC(=O)[C@]1(CC#CCCCC#N)C(=O)OCc1ccccc1. The van der Waals surface area contributed by atoms with Gasteiger partial charge < -0.3 is 9.47 Å². The number of nitrogens with zero attached hydrogens (tertiary/aromatic N) is 1. The van der Waals surface area contributed by atoms with Crippen LogP contribution in [0.1, 0.15) is 44.1 Å². The lowest BCUT2D eigenvalue weighted by atomic mass is 9.74. The van der Waals surface area contributed by atoms with E-state index < -0.39 is 23.3 Å². The number of rotatable bonds is 7. The highest BCUT2D eigenvalue weighted by molar-refractivity contribution is 6.09. The highest BCUT2D eigenvalue weighted by Crippen LogP contribution is 2.45. The van der Waals surface area contributed by atoms with Crippen molar-refractivity contribution >= 4 is 17.7 Å². The highest BCUT2D eigenvalue weighted by atomic mass is 16.5. The van der Waals surface area contributed by atoms with Crippen LogP contribution in [0.25, 0.3) is 0 Å². The minimum Gasteiger partial charge on any atom is -0.469 e. The molecule has 146 valence electrons. The van der Waals surface area contributed by atoms with Crippen LogP contribution in [0.15, 0.2) is 30.3 Å². The Balaban J connectivity index is 2.21. The minimum absolute atomic E-state index is 0.0121. The molecule has 0 spiro atoms. The number of Topliss-reactive ketones (excluding diaryl/α,β-unsaturated/α-hetero) is 1. The van der Waals surface area contributed by atoms with E-state index in [9.17, 15) is 14.4 Å². The van der Waals surface area contributed by atoms with Crippen molar-refractivity contribution in [3.8, 4) is 17.9 Å². The van der Waals surface area contributed by atoms with Gasteiger partial charge in [0.25, 0.3) is 0 Å². The van der Waals surface area contributed by atoms with Crippen molar-refractivity contribution in [3.05, 3.63) is 35.9 Å². The van der Waals surface area contributed by atoms with Crippen LogP contribution in [0.5, 0.6) is 0 Å². The van der Waals surface area contributed by atoms with Gasteiger partial charge in [0.05, 0.1) is 19.1 Å². The number of ketones is 1. The molecule has 1 aromatic rings. The second-order valence-electron chi connectivity index (χ2n) is 6.61. The first kappa shape index (κ1) is 21.2. The van der Waals surface area contributed by atoms with Gasteiger partial charge in [0, 0.05) is 25.7 Å². The molecular formula is C22H23NO5. The zero-order valence-electron chi connectivity index (χ0n) is 15.9. The van der Waals surface area contributed by atoms with Gasteiger partial charge in [0.2, 0.25) is 0 Å². The maximum Gasteiger partial charge on any atom is 0.321 e. The predicted octanol–water partition coefficient (Wildman–Crippen LogP) is 2.96. The van der Waals surface area contributed by atoms with Crippen molar-refractivity contribution in [2.75, 3.05) is 7.11 Å². The normalized spacial score (nSPS) is 20.6. The summed E-state index contributed by atoms with van der Waals surface area (Å²) >= 11 is 0. The first-order chi connectivity index (χ1) is 13.6. The molecule has 1 aromatic carbocycles. The van der Waals surface area contributed by atoms with E-state index in [0.29, 0.717) is 19.3 Å². The Bertz CT molecular complexity index is 815. The lowest BCUT2D eigenvalue weighted by Gasteiger charge is -2.28. The summed E-state index contributed by atoms with van der Waals surface area (Å²) in [7, 11) is 1.23. The molecule has 0 N–H and O–H groups in total. The van der Waals surface area contributed by atoms with Gasteiger partial charge in [-0.1, -0.05) is 30.3 Å². The zero-order valence-corrected chi connectivity index (χ0v) is 15.9. The van der Waals surface area contributed by atoms with Crippen LogP contribution in [0, 0.1) is 34.5 Å². The molecule has 0 unspecified atom stereocenters. The van der Waals surface area contributed by atoms with Gasteiger partial charge in [0.1, 0.15) is 6.61 Å². The third-order valence-electron chi connectivity index (χ3n) is 4.90. The molecule has 0 aromatic heterocycles. The van der Waals surface area contributed by atoms with E-state index in [0.717, 1.165) is 5.56 Å². The first-order valence-electron chi connectivity index (χ1n) is 9.21. The Labute approximate surface area is 164 Å². The molecule has 0 aliphatic heterocycles. The van der Waals surface area contributed by atoms with Crippen LogP contribution in [0.3, 0.4) is 0 Å². The molecule has 1 saturated carbocycles. The molecule has 2 atom stereocenters. The molecule has 0 amide bonds. The van der Waals surface area contributed by atoms with E-state index in [1.807, 2.05) is 36.4 Å². The number of unbranched alkanes of at least 4 members (excludes halogenated alkanes) is 2. The Hall–Kier alpha value is -3.12. The van der Waals surface area contributed by atoms with Crippen LogP contribution in [-0.4, -0.2) is 24.8 Å². The number of esters is 2. The monoisotopic (exact) mass is 381 g/mol. The van der Waals surface area contributed by atoms with E-state index in [1.54, 1.807) is 0 Å². The van der Waals surface area contributed by atoms with Crippen molar-refractivity contribution in [1.82, 2.24) is 0 Å². The zero-order chi connectivity index (χ0) is 20.4. The molecule has 0 saturated heterocycles. The molecule has 0 heterocycles. The largest absolute Gasteiger partial charge is 0.469 e. The van der Waals surface area contributed by atoms with E-state index in [4.69, 9.17) is 14.7 Å². The Morgan fingerprint density at radius 3 is 2.64 bits per heavy atom. The summed E-state index contributed by atoms with van der Waals surface area (Å²) in [6.07, 6.45) is 1.75. The average molecular weight is 381 g/mol. The second kappa shape index (κ2) is 10.3. The number of benzene rings is 1. The van der Waals surface area contributed by atoms with Gasteiger partial charge in [-0.2, -0.15) is 5.26 Å². The van der Waals surface area contributed by atoms with Crippen molar-refractivity contribution < 1.29 is 23.9 Å². The van der Waals surface area contributed by atoms with Crippen LogP contribution >= 0.6 is 0 Å². The van der Waals surface area contributed by atoms with Gasteiger partial charge >= 0.3 is 11.9 Å². The summed E-state index contributed by atoms with van der Waals surface area (Å²) in [5, 5.41) is 8.56. The molecule has 6 heteroatoms. The minimum atomic E-state index is -1.63. The van der Waals surface area contributed by atoms with Crippen LogP contribution in [0.2, 0.25) is 0 Å². The van der Waals surface area contributed by atoms with Gasteiger partial charge in [-0.15, -0.1) is 11.8 Å². The van der Waals surface area contributed by atoms with Crippen LogP contribution in [-0.2, 0) is 30.5 Å². The quantitative estimate of drug-likeness (QED) is 0.312. The van der Waals surface area contributed by atoms with E-state index in [1.165, 1.54) is 7.11 Å². The van der Waals surface area contributed by atoms with Crippen LogP contribution < -0.4 is 0 Å². The molecule has 2 rings (SSSR count). The molecule has 1 aliphatic rings. The van der Waals surface area contributed by atoms with Crippen molar-refractivity contribution in [2.45, 2.75) is 45.1 Å². The number of hydrogen-bond acceptors (Lipinski definition) is 6. The van der Waals surface area contributed by atoms with Crippen LogP contribution in [0.4, 0.5) is 0 Å². The van der Waals surface area contributed by atoms with Gasteiger partial charge in [-0.25, -0.2) is 0 Å². The maximum atomic E-state index is 13.0. The third-order valence-corrected chi connectivity index (χ3v) is 4.90. The molecule has 28 heavy (non-hydrogen) atoms. The number of carbonyl (C=O) groups is 3.